The molecule has 0 aliphatic heterocycles. The Balaban J connectivity index is 3.38. The lowest BCUT2D eigenvalue weighted by Gasteiger charge is -2.01. The van der Waals surface area contributed by atoms with E-state index in [2.05, 4.69) is 18.8 Å². The van der Waals surface area contributed by atoms with Crippen LogP contribution in [0.2, 0.25) is 0 Å². The number of nitrogens with zero attached hydrogens (tertiary/aromatic N) is 1. The van der Waals surface area contributed by atoms with Gasteiger partial charge in [0.05, 0.1) is 0 Å². The molecule has 0 N–H and O–H groups in total. The van der Waals surface area contributed by atoms with Crippen molar-refractivity contribution in [2.75, 3.05) is 6.54 Å². The third-order valence-corrected chi connectivity index (χ3v) is 2.00. The van der Waals surface area contributed by atoms with Crippen molar-refractivity contribution in [1.82, 2.24) is 0 Å². The molecule has 0 bridgehead atoms. The molecule has 14 heavy (non-hydrogen) atoms. The summed E-state index contributed by atoms with van der Waals surface area (Å²) in [4.78, 5) is 15.5. The van der Waals surface area contributed by atoms with E-state index in [-0.39, 0.29) is 5.92 Å². The van der Waals surface area contributed by atoms with E-state index in [1.54, 1.807) is 0 Å². The summed E-state index contributed by atoms with van der Waals surface area (Å²) in [5.41, 5.74) is 0. The summed E-state index contributed by atoms with van der Waals surface area (Å²) >= 11 is 0. The van der Waals surface area contributed by atoms with Gasteiger partial charge in [0, 0.05) is 18.9 Å². The van der Waals surface area contributed by atoms with E-state index >= 15 is 0 Å². The number of carbonyl (C=O) groups is 1. The first-order chi connectivity index (χ1) is 6.54. The lowest BCUT2D eigenvalue weighted by Crippen LogP contribution is -2.06. The van der Waals surface area contributed by atoms with Crippen LogP contribution in [0.15, 0.2) is 4.99 Å². The predicted molar refractivity (Wildman–Crippen MR) is 61.9 cm³/mol. The maximum Gasteiger partial charge on any atom is 0.135 e. The second-order valence-corrected chi connectivity index (χ2v) is 4.45. The molecule has 0 spiro atoms. The summed E-state index contributed by atoms with van der Waals surface area (Å²) in [7, 11) is 0. The number of rotatable bonds is 7. The molecule has 0 saturated carbocycles. The molecule has 0 heterocycles. The van der Waals surface area contributed by atoms with E-state index in [0.29, 0.717) is 18.1 Å². The Morgan fingerprint density at radius 2 is 1.93 bits per heavy atom. The molecule has 0 amide bonds. The topological polar surface area (TPSA) is 29.4 Å². The van der Waals surface area contributed by atoms with Gasteiger partial charge in [-0.2, -0.15) is 0 Å². The molecular formula is C12H23NO. The first-order valence-electron chi connectivity index (χ1n) is 5.55. The SMILES string of the molecule is CC(C)C/N=C/CCCC(=O)C(C)C. The largest absolute Gasteiger partial charge is 0.299 e. The van der Waals surface area contributed by atoms with E-state index in [9.17, 15) is 4.79 Å². The standard InChI is InChI=1S/C12H23NO/c1-10(2)9-13-8-6-5-7-12(14)11(3)4/h8,10-11H,5-7,9H2,1-4H3/b13-8+. The lowest BCUT2D eigenvalue weighted by molar-refractivity contribution is -0.121. The van der Waals surface area contributed by atoms with Gasteiger partial charge in [-0.25, -0.2) is 0 Å². The molecule has 0 aromatic carbocycles. The highest BCUT2D eigenvalue weighted by atomic mass is 16.1. The average molecular weight is 197 g/mol. The van der Waals surface area contributed by atoms with Crippen molar-refractivity contribution in [3.05, 3.63) is 0 Å². The van der Waals surface area contributed by atoms with Crippen molar-refractivity contribution in [1.29, 1.82) is 0 Å². The second-order valence-electron chi connectivity index (χ2n) is 4.45. The van der Waals surface area contributed by atoms with Gasteiger partial charge in [0.25, 0.3) is 0 Å². The fourth-order valence-electron chi connectivity index (χ4n) is 1.03. The van der Waals surface area contributed by atoms with Gasteiger partial charge < -0.3 is 0 Å². The molecule has 0 aromatic heterocycles. The quantitative estimate of drug-likeness (QED) is 0.455. The summed E-state index contributed by atoms with van der Waals surface area (Å²) in [6.07, 6.45) is 4.53. The minimum absolute atomic E-state index is 0.183. The minimum Gasteiger partial charge on any atom is -0.299 e. The normalized spacial score (nSPS) is 11.9. The van der Waals surface area contributed by atoms with Crippen LogP contribution in [0.1, 0.15) is 47.0 Å². The summed E-state index contributed by atoms with van der Waals surface area (Å²) in [5, 5.41) is 0. The fourth-order valence-corrected chi connectivity index (χ4v) is 1.03. The van der Waals surface area contributed by atoms with Gasteiger partial charge in [0.1, 0.15) is 5.78 Å². The molecule has 0 fully saturated rings. The van der Waals surface area contributed by atoms with Crippen molar-refractivity contribution in [3.8, 4) is 0 Å². The van der Waals surface area contributed by atoms with Gasteiger partial charge in [-0.1, -0.05) is 27.7 Å². The molecule has 82 valence electrons. The zero-order chi connectivity index (χ0) is 11.0. The van der Waals surface area contributed by atoms with Crippen LogP contribution >= 0.6 is 0 Å². The summed E-state index contributed by atoms with van der Waals surface area (Å²) in [6, 6.07) is 0. The third-order valence-electron chi connectivity index (χ3n) is 2.00. The van der Waals surface area contributed by atoms with E-state index in [0.717, 1.165) is 19.4 Å². The molecule has 0 unspecified atom stereocenters. The number of carbonyl (C=O) groups excluding carboxylic acids is 1. The number of unbranched alkanes of at least 4 members (excludes halogenated alkanes) is 1. The molecule has 0 atom stereocenters. The Hall–Kier alpha value is -0.660. The maximum absolute atomic E-state index is 11.2. The van der Waals surface area contributed by atoms with Gasteiger partial charge in [-0.3, -0.25) is 9.79 Å². The van der Waals surface area contributed by atoms with Crippen LogP contribution in [0.25, 0.3) is 0 Å². The summed E-state index contributed by atoms with van der Waals surface area (Å²) in [6.45, 7) is 9.11. The van der Waals surface area contributed by atoms with Crippen LogP contribution in [0, 0.1) is 11.8 Å². The molecule has 0 radical (unpaired) electrons. The molecule has 0 saturated heterocycles. The molecule has 0 rings (SSSR count). The number of ketones is 1. The Morgan fingerprint density at radius 1 is 1.29 bits per heavy atom. The van der Waals surface area contributed by atoms with Gasteiger partial charge in [0.2, 0.25) is 0 Å². The van der Waals surface area contributed by atoms with Crippen molar-refractivity contribution in [2.24, 2.45) is 16.8 Å². The highest BCUT2D eigenvalue weighted by molar-refractivity contribution is 5.80. The van der Waals surface area contributed by atoms with E-state index in [1.807, 2.05) is 20.1 Å². The van der Waals surface area contributed by atoms with Crippen LogP contribution in [0.3, 0.4) is 0 Å². The van der Waals surface area contributed by atoms with Crippen LogP contribution in [0.5, 0.6) is 0 Å². The van der Waals surface area contributed by atoms with Crippen LogP contribution in [-0.2, 0) is 4.79 Å². The number of hydrogen-bond acceptors (Lipinski definition) is 2. The first-order valence-corrected chi connectivity index (χ1v) is 5.55. The van der Waals surface area contributed by atoms with E-state index in [4.69, 9.17) is 0 Å². The Labute approximate surface area is 87.8 Å². The molecular weight excluding hydrogens is 174 g/mol. The molecule has 0 aromatic rings. The third kappa shape index (κ3) is 7.96. The molecule has 2 nitrogen and oxygen atoms in total. The molecule has 2 heteroatoms. The second kappa shape index (κ2) is 7.72. The van der Waals surface area contributed by atoms with Crippen molar-refractivity contribution < 1.29 is 4.79 Å². The van der Waals surface area contributed by atoms with Crippen molar-refractivity contribution in [3.63, 3.8) is 0 Å². The summed E-state index contributed by atoms with van der Waals surface area (Å²) < 4.78 is 0. The molecule has 0 aliphatic carbocycles. The monoisotopic (exact) mass is 197 g/mol. The summed E-state index contributed by atoms with van der Waals surface area (Å²) in [5.74, 6) is 1.17. The van der Waals surface area contributed by atoms with E-state index < -0.39 is 0 Å². The minimum atomic E-state index is 0.183. The number of hydrogen-bond donors (Lipinski definition) is 0. The Morgan fingerprint density at radius 3 is 2.43 bits per heavy atom. The Bertz CT molecular complexity index is 183. The predicted octanol–water partition coefficient (Wildman–Crippen LogP) is 3.11. The van der Waals surface area contributed by atoms with Crippen LogP contribution < -0.4 is 0 Å². The highest BCUT2D eigenvalue weighted by Gasteiger charge is 2.05. The lowest BCUT2D eigenvalue weighted by atomic mass is 10.0. The average Bonchev–Trinajstić information content (AvgIpc) is 2.09. The van der Waals surface area contributed by atoms with Crippen LogP contribution in [-0.4, -0.2) is 18.5 Å². The van der Waals surface area contributed by atoms with Crippen molar-refractivity contribution >= 4 is 12.0 Å². The molecule has 0 aliphatic rings. The number of aliphatic imine (C=N–C) groups is 1. The maximum atomic E-state index is 11.2. The zero-order valence-electron chi connectivity index (χ0n) is 9.92. The van der Waals surface area contributed by atoms with E-state index in [1.165, 1.54) is 0 Å². The Kier molecular flexibility index (Phi) is 7.35. The smallest absolute Gasteiger partial charge is 0.135 e. The van der Waals surface area contributed by atoms with Gasteiger partial charge in [0.15, 0.2) is 0 Å². The van der Waals surface area contributed by atoms with Gasteiger partial charge >= 0.3 is 0 Å². The van der Waals surface area contributed by atoms with Crippen LogP contribution in [0.4, 0.5) is 0 Å². The van der Waals surface area contributed by atoms with Gasteiger partial charge in [-0.15, -0.1) is 0 Å². The zero-order valence-corrected chi connectivity index (χ0v) is 9.92. The number of Topliss-reactive ketones (excluding diaryl/α,β-unsaturated/α-hetero) is 1. The first kappa shape index (κ1) is 13.3. The highest BCUT2D eigenvalue weighted by Crippen LogP contribution is 2.03. The van der Waals surface area contributed by atoms with Gasteiger partial charge in [-0.05, 0) is 25.0 Å². The van der Waals surface area contributed by atoms with Crippen molar-refractivity contribution in [2.45, 2.75) is 47.0 Å². The fraction of sp³-hybridized carbons (Fsp3) is 0.833.